The van der Waals surface area contributed by atoms with Crippen LogP contribution in [0, 0.1) is 11.6 Å². The quantitative estimate of drug-likeness (QED) is 0.743. The molecule has 2 aromatic carbocycles. The molecule has 0 atom stereocenters. The molecule has 2 aromatic rings. The number of halogens is 2. The van der Waals surface area contributed by atoms with Gasteiger partial charge in [0.25, 0.3) is 5.91 Å². The number of hydrogen-bond acceptors (Lipinski definition) is 5. The molecule has 0 aliphatic carbocycles. The Bertz CT molecular complexity index is 959. The van der Waals surface area contributed by atoms with Crippen molar-refractivity contribution < 1.29 is 28.2 Å². The average molecular weight is 388 g/mol. The maximum atomic E-state index is 13.7. The summed E-state index contributed by atoms with van der Waals surface area (Å²) in [5.41, 5.74) is 1.51. The Balaban J connectivity index is 2.01. The molecule has 28 heavy (non-hydrogen) atoms. The molecule has 0 aromatic heterocycles. The highest BCUT2D eigenvalue weighted by atomic mass is 19.2. The number of anilines is 1. The normalized spacial score (nSPS) is 13.9. The zero-order valence-electron chi connectivity index (χ0n) is 15.0. The molecule has 1 heterocycles. The van der Waals surface area contributed by atoms with Gasteiger partial charge < -0.3 is 20.1 Å². The first-order valence-electron chi connectivity index (χ1n) is 8.49. The lowest BCUT2D eigenvalue weighted by Crippen LogP contribution is -2.31. The molecule has 0 radical (unpaired) electrons. The van der Waals surface area contributed by atoms with Gasteiger partial charge in [0, 0.05) is 17.8 Å². The zero-order chi connectivity index (χ0) is 20.3. The van der Waals surface area contributed by atoms with E-state index in [0.29, 0.717) is 16.8 Å². The monoisotopic (exact) mass is 388 g/mol. The molecule has 2 N–H and O–H groups in total. The number of hydrogen-bond donors (Lipinski definition) is 2. The van der Waals surface area contributed by atoms with E-state index in [1.807, 2.05) is 0 Å². The Labute approximate surface area is 160 Å². The van der Waals surface area contributed by atoms with Gasteiger partial charge in [-0.2, -0.15) is 0 Å². The number of carbonyl (C=O) groups is 2. The van der Waals surface area contributed by atoms with Crippen LogP contribution < -0.4 is 5.32 Å². The number of esters is 1. The van der Waals surface area contributed by atoms with Crippen LogP contribution in [0.4, 0.5) is 14.5 Å². The van der Waals surface area contributed by atoms with Crippen molar-refractivity contribution in [1.29, 1.82) is 0 Å². The Hall–Kier alpha value is -3.26. The van der Waals surface area contributed by atoms with Crippen molar-refractivity contribution in [2.24, 2.45) is 0 Å². The number of carbonyl (C=O) groups excluding carboxylic acids is 2. The van der Waals surface area contributed by atoms with Crippen molar-refractivity contribution >= 4 is 17.6 Å². The molecule has 8 heteroatoms. The van der Waals surface area contributed by atoms with Gasteiger partial charge in [-0.05, 0) is 23.8 Å². The molecule has 146 valence electrons. The summed E-state index contributed by atoms with van der Waals surface area (Å²) in [4.78, 5) is 26.1. The van der Waals surface area contributed by atoms with Gasteiger partial charge in [0.1, 0.15) is 5.70 Å². The smallest absolute Gasteiger partial charge is 0.337 e. The van der Waals surface area contributed by atoms with E-state index >= 15 is 0 Å². The summed E-state index contributed by atoms with van der Waals surface area (Å²) >= 11 is 0. The average Bonchev–Trinajstić information content (AvgIpc) is 3.00. The van der Waals surface area contributed by atoms with Gasteiger partial charge in [0.2, 0.25) is 0 Å². The minimum atomic E-state index is -0.993. The molecular weight excluding hydrogens is 370 g/mol. The molecule has 0 saturated heterocycles. The Kier molecular flexibility index (Phi) is 5.70. The number of benzene rings is 2. The summed E-state index contributed by atoms with van der Waals surface area (Å²) in [6.07, 6.45) is 0. The molecule has 1 aliphatic heterocycles. The molecule has 0 fully saturated rings. The number of nitrogens with zero attached hydrogens (tertiary/aromatic N) is 1. The van der Waals surface area contributed by atoms with Gasteiger partial charge in [0.05, 0.1) is 25.8 Å². The Morgan fingerprint density at radius 1 is 1.21 bits per heavy atom. The lowest BCUT2D eigenvalue weighted by atomic mass is 10.0. The number of nitrogens with one attached hydrogen (secondary N) is 1. The lowest BCUT2D eigenvalue weighted by molar-refractivity contribution is -0.136. The van der Waals surface area contributed by atoms with E-state index in [1.165, 1.54) is 18.1 Å². The summed E-state index contributed by atoms with van der Waals surface area (Å²) in [5.74, 6) is -3.08. The molecule has 0 spiro atoms. The predicted molar refractivity (Wildman–Crippen MR) is 98.1 cm³/mol. The van der Waals surface area contributed by atoms with Crippen LogP contribution in [0.5, 0.6) is 0 Å². The van der Waals surface area contributed by atoms with Gasteiger partial charge in [-0.3, -0.25) is 4.79 Å². The van der Waals surface area contributed by atoms with Crippen molar-refractivity contribution in [1.82, 2.24) is 4.90 Å². The van der Waals surface area contributed by atoms with E-state index in [1.54, 1.807) is 24.3 Å². The number of ether oxygens (including phenoxy) is 1. The highest BCUT2D eigenvalue weighted by molar-refractivity contribution is 6.09. The van der Waals surface area contributed by atoms with Gasteiger partial charge >= 0.3 is 5.97 Å². The predicted octanol–water partition coefficient (Wildman–Crippen LogP) is 2.31. The minimum Gasteiger partial charge on any atom is -0.466 e. The van der Waals surface area contributed by atoms with Crippen LogP contribution >= 0.6 is 0 Å². The van der Waals surface area contributed by atoms with E-state index in [4.69, 9.17) is 9.84 Å². The maximum absolute atomic E-state index is 13.7. The van der Waals surface area contributed by atoms with E-state index in [-0.39, 0.29) is 31.0 Å². The first-order chi connectivity index (χ1) is 13.5. The van der Waals surface area contributed by atoms with Crippen LogP contribution in [0.1, 0.15) is 0 Å². The van der Waals surface area contributed by atoms with Gasteiger partial charge in [-0.1, -0.05) is 24.3 Å². The van der Waals surface area contributed by atoms with E-state index < -0.39 is 23.5 Å². The van der Waals surface area contributed by atoms with Gasteiger partial charge in [-0.25, -0.2) is 13.6 Å². The highest BCUT2D eigenvalue weighted by Crippen LogP contribution is 2.31. The van der Waals surface area contributed by atoms with Gasteiger partial charge in [-0.15, -0.1) is 0 Å². The van der Waals surface area contributed by atoms with E-state index in [9.17, 15) is 18.4 Å². The summed E-state index contributed by atoms with van der Waals surface area (Å²) in [5, 5.41) is 12.1. The first-order valence-corrected chi connectivity index (χ1v) is 8.49. The van der Waals surface area contributed by atoms with Crippen LogP contribution in [-0.2, 0) is 14.3 Å². The Morgan fingerprint density at radius 2 is 1.96 bits per heavy atom. The zero-order valence-corrected chi connectivity index (χ0v) is 15.0. The molecule has 6 nitrogen and oxygen atoms in total. The number of β-amino-alcohol motifs (C(OH)–C–C–N with tert-alkyl or cyclic N) is 1. The fourth-order valence-electron chi connectivity index (χ4n) is 2.99. The topological polar surface area (TPSA) is 78.9 Å². The number of aliphatic hydroxyl groups excluding tert-OH is 1. The van der Waals surface area contributed by atoms with Crippen molar-refractivity contribution in [2.45, 2.75) is 0 Å². The SMILES string of the molecule is COC(=O)C1=C(Nc2ccccc2-c2ccc(F)c(F)c2)C(=O)N(CCO)C1. The van der Waals surface area contributed by atoms with Crippen LogP contribution in [0.15, 0.2) is 53.7 Å². The Morgan fingerprint density at radius 3 is 2.64 bits per heavy atom. The summed E-state index contributed by atoms with van der Waals surface area (Å²) in [6, 6.07) is 10.2. The number of methoxy groups -OCH3 is 1. The third-order valence-electron chi connectivity index (χ3n) is 4.37. The lowest BCUT2D eigenvalue weighted by Gasteiger charge is -2.16. The molecule has 1 aliphatic rings. The third-order valence-corrected chi connectivity index (χ3v) is 4.37. The second-order valence-electron chi connectivity index (χ2n) is 6.09. The van der Waals surface area contributed by atoms with E-state index in [2.05, 4.69) is 5.32 Å². The minimum absolute atomic E-state index is 0.00173. The van der Waals surface area contributed by atoms with Crippen molar-refractivity contribution in [3.05, 3.63) is 65.4 Å². The molecule has 1 amide bonds. The van der Waals surface area contributed by atoms with Crippen LogP contribution in [0.3, 0.4) is 0 Å². The third kappa shape index (κ3) is 3.72. The molecule has 0 saturated carbocycles. The van der Waals surface area contributed by atoms with Gasteiger partial charge in [0.15, 0.2) is 11.6 Å². The van der Waals surface area contributed by atoms with Crippen LogP contribution in [0.25, 0.3) is 11.1 Å². The van der Waals surface area contributed by atoms with Crippen molar-refractivity contribution in [3.8, 4) is 11.1 Å². The number of aliphatic hydroxyl groups is 1. The molecule has 0 unspecified atom stereocenters. The number of amides is 1. The van der Waals surface area contributed by atoms with Crippen LogP contribution in [-0.4, -0.2) is 48.7 Å². The first kappa shape index (κ1) is 19.5. The maximum Gasteiger partial charge on any atom is 0.337 e. The summed E-state index contributed by atoms with van der Waals surface area (Å²) in [7, 11) is 1.21. The molecular formula is C20H18F2N2O4. The molecule has 0 bridgehead atoms. The standard InChI is InChI=1S/C20H18F2N2O4/c1-28-20(27)14-11-24(8-9-25)19(26)18(14)23-17-5-3-2-4-13(17)12-6-7-15(21)16(22)10-12/h2-7,10,23,25H,8-9,11H2,1H3. The van der Waals surface area contributed by atoms with E-state index in [0.717, 1.165) is 12.1 Å². The largest absolute Gasteiger partial charge is 0.466 e. The fourth-order valence-corrected chi connectivity index (χ4v) is 2.99. The number of rotatable bonds is 6. The van der Waals surface area contributed by atoms with Crippen LogP contribution in [0.2, 0.25) is 0 Å². The second-order valence-corrected chi connectivity index (χ2v) is 6.09. The van der Waals surface area contributed by atoms with Crippen molar-refractivity contribution in [3.63, 3.8) is 0 Å². The summed E-state index contributed by atoms with van der Waals surface area (Å²) in [6.45, 7) is -0.185. The molecule has 3 rings (SSSR count). The second kappa shape index (κ2) is 8.18. The van der Waals surface area contributed by atoms with Crippen molar-refractivity contribution in [2.75, 3.05) is 32.1 Å². The summed E-state index contributed by atoms with van der Waals surface area (Å²) < 4.78 is 31.7. The highest BCUT2D eigenvalue weighted by Gasteiger charge is 2.34. The number of para-hydroxylation sites is 1. The fraction of sp³-hybridized carbons (Fsp3) is 0.200.